The van der Waals surface area contributed by atoms with Gasteiger partial charge in [0.1, 0.15) is 6.10 Å². The number of benzene rings is 1. The molecule has 1 N–H and O–H groups in total. The van der Waals surface area contributed by atoms with Gasteiger partial charge in [0.15, 0.2) is 11.6 Å². The van der Waals surface area contributed by atoms with Gasteiger partial charge in [0.2, 0.25) is 5.82 Å². The molecule has 100 valence electrons. The van der Waals surface area contributed by atoms with E-state index in [9.17, 15) is 8.78 Å². The van der Waals surface area contributed by atoms with Gasteiger partial charge in [-0.3, -0.25) is 0 Å². The Morgan fingerprint density at radius 3 is 2.94 bits per heavy atom. The highest BCUT2D eigenvalue weighted by atomic mass is 19.2. The molecule has 2 rings (SSSR count). The summed E-state index contributed by atoms with van der Waals surface area (Å²) in [4.78, 5) is 0. The first kappa shape index (κ1) is 13.3. The first-order chi connectivity index (χ1) is 8.72. The van der Waals surface area contributed by atoms with Crippen LogP contribution < -0.4 is 10.1 Å². The molecule has 1 aliphatic heterocycles. The summed E-state index contributed by atoms with van der Waals surface area (Å²) in [5.74, 6) is -1.33. The van der Waals surface area contributed by atoms with Crippen molar-refractivity contribution in [2.24, 2.45) is 5.92 Å². The third-order valence-corrected chi connectivity index (χ3v) is 3.39. The summed E-state index contributed by atoms with van der Waals surface area (Å²) in [6.07, 6.45) is 2.82. The van der Waals surface area contributed by atoms with Crippen molar-refractivity contribution in [3.05, 3.63) is 29.8 Å². The number of hydrogen-bond acceptors (Lipinski definition) is 2. The lowest BCUT2D eigenvalue weighted by molar-refractivity contribution is 0.125. The van der Waals surface area contributed by atoms with Gasteiger partial charge in [-0.2, -0.15) is 4.39 Å². The molecule has 0 aliphatic carbocycles. The van der Waals surface area contributed by atoms with Crippen LogP contribution in [0.4, 0.5) is 8.78 Å². The molecule has 1 aromatic rings. The zero-order valence-corrected chi connectivity index (χ0v) is 10.6. The van der Waals surface area contributed by atoms with Gasteiger partial charge in [-0.05, 0) is 31.5 Å². The van der Waals surface area contributed by atoms with E-state index in [0.29, 0.717) is 5.92 Å². The minimum atomic E-state index is -0.885. The van der Waals surface area contributed by atoms with Crippen molar-refractivity contribution >= 4 is 0 Å². The molecule has 0 bridgehead atoms. The molecule has 1 saturated heterocycles. The largest absolute Gasteiger partial charge is 0.487 e. The monoisotopic (exact) mass is 255 g/mol. The summed E-state index contributed by atoms with van der Waals surface area (Å²) >= 11 is 0. The second kappa shape index (κ2) is 6.14. The standard InChI is InChI=1S/C14H19F2NO/c1-2-4-12(10-7-8-17-9-10)18-13-6-3-5-11(15)14(13)16/h3,5-6,10,12,17H,2,4,7-9H2,1H3/t10?,12-/m1/s1. The van der Waals surface area contributed by atoms with Gasteiger partial charge in [-0.1, -0.05) is 19.4 Å². The van der Waals surface area contributed by atoms with Crippen molar-refractivity contribution in [2.45, 2.75) is 32.3 Å². The van der Waals surface area contributed by atoms with Gasteiger partial charge in [0.25, 0.3) is 0 Å². The summed E-state index contributed by atoms with van der Waals surface area (Å²) in [7, 11) is 0. The summed E-state index contributed by atoms with van der Waals surface area (Å²) < 4.78 is 32.4. The minimum absolute atomic E-state index is 0.0281. The zero-order chi connectivity index (χ0) is 13.0. The first-order valence-electron chi connectivity index (χ1n) is 6.53. The van der Waals surface area contributed by atoms with E-state index in [1.54, 1.807) is 0 Å². The Morgan fingerprint density at radius 1 is 1.44 bits per heavy atom. The lowest BCUT2D eigenvalue weighted by Crippen LogP contribution is -2.29. The van der Waals surface area contributed by atoms with Crippen molar-refractivity contribution < 1.29 is 13.5 Å². The van der Waals surface area contributed by atoms with Crippen LogP contribution in [0, 0.1) is 17.6 Å². The predicted molar refractivity (Wildman–Crippen MR) is 66.7 cm³/mol. The van der Waals surface area contributed by atoms with Crippen LogP contribution in [0.15, 0.2) is 18.2 Å². The van der Waals surface area contributed by atoms with Gasteiger partial charge < -0.3 is 10.1 Å². The van der Waals surface area contributed by atoms with Gasteiger partial charge in [0, 0.05) is 12.5 Å². The quantitative estimate of drug-likeness (QED) is 0.872. The summed E-state index contributed by atoms with van der Waals surface area (Å²) in [6.45, 7) is 3.93. The van der Waals surface area contributed by atoms with Crippen LogP contribution >= 0.6 is 0 Å². The maximum atomic E-state index is 13.6. The Balaban J connectivity index is 2.10. The molecule has 1 aromatic carbocycles. The average molecular weight is 255 g/mol. The molecule has 1 unspecified atom stereocenters. The first-order valence-corrected chi connectivity index (χ1v) is 6.53. The van der Waals surface area contributed by atoms with Gasteiger partial charge in [0.05, 0.1) is 0 Å². The molecule has 0 amide bonds. The van der Waals surface area contributed by atoms with Crippen molar-refractivity contribution in [1.82, 2.24) is 5.32 Å². The summed E-state index contributed by atoms with van der Waals surface area (Å²) in [5.41, 5.74) is 0. The molecule has 0 spiro atoms. The smallest absolute Gasteiger partial charge is 0.200 e. The molecule has 0 aromatic heterocycles. The van der Waals surface area contributed by atoms with Gasteiger partial charge in [-0.25, -0.2) is 4.39 Å². The normalized spacial score (nSPS) is 20.9. The maximum Gasteiger partial charge on any atom is 0.200 e. The van der Waals surface area contributed by atoms with Crippen LogP contribution in [0.1, 0.15) is 26.2 Å². The molecule has 1 heterocycles. The van der Waals surface area contributed by atoms with Crippen LogP contribution in [0.3, 0.4) is 0 Å². The number of halogens is 2. The fourth-order valence-electron chi connectivity index (χ4n) is 2.41. The Morgan fingerprint density at radius 2 is 2.28 bits per heavy atom. The zero-order valence-electron chi connectivity index (χ0n) is 10.6. The topological polar surface area (TPSA) is 21.3 Å². The molecule has 4 heteroatoms. The SMILES string of the molecule is CCC[C@@H](Oc1cccc(F)c1F)C1CCNC1. The predicted octanol–water partition coefficient (Wildman–Crippen LogP) is 3.12. The van der Waals surface area contributed by atoms with Crippen LogP contribution in [0.2, 0.25) is 0 Å². The molecule has 1 fully saturated rings. The van der Waals surface area contributed by atoms with E-state index >= 15 is 0 Å². The molecule has 0 saturated carbocycles. The summed E-state index contributed by atoms with van der Waals surface area (Å²) in [6, 6.07) is 4.07. The molecule has 2 atom stereocenters. The number of ether oxygens (including phenoxy) is 1. The molecule has 2 nitrogen and oxygen atoms in total. The lowest BCUT2D eigenvalue weighted by Gasteiger charge is -2.24. The van der Waals surface area contributed by atoms with Crippen molar-refractivity contribution in [2.75, 3.05) is 13.1 Å². The van der Waals surface area contributed by atoms with Gasteiger partial charge in [-0.15, -0.1) is 0 Å². The number of hydrogen-bond donors (Lipinski definition) is 1. The Kier molecular flexibility index (Phi) is 4.53. The number of nitrogens with one attached hydrogen (secondary N) is 1. The minimum Gasteiger partial charge on any atom is -0.487 e. The van der Waals surface area contributed by atoms with E-state index in [0.717, 1.165) is 38.4 Å². The Labute approximate surface area is 106 Å². The fourth-order valence-corrected chi connectivity index (χ4v) is 2.41. The third kappa shape index (κ3) is 2.99. The highest BCUT2D eigenvalue weighted by molar-refractivity contribution is 5.25. The maximum absolute atomic E-state index is 13.6. The molecular weight excluding hydrogens is 236 g/mol. The molecular formula is C14H19F2NO. The Hall–Kier alpha value is -1.16. The fraction of sp³-hybridized carbons (Fsp3) is 0.571. The number of rotatable bonds is 5. The van der Waals surface area contributed by atoms with E-state index in [-0.39, 0.29) is 11.9 Å². The second-order valence-corrected chi connectivity index (χ2v) is 4.75. The third-order valence-electron chi connectivity index (χ3n) is 3.39. The van der Waals surface area contributed by atoms with Crippen LogP contribution in [-0.2, 0) is 0 Å². The van der Waals surface area contributed by atoms with E-state index < -0.39 is 11.6 Å². The molecule has 1 aliphatic rings. The molecule has 0 radical (unpaired) electrons. The van der Waals surface area contributed by atoms with Crippen molar-refractivity contribution in [1.29, 1.82) is 0 Å². The van der Waals surface area contributed by atoms with E-state index in [2.05, 4.69) is 12.2 Å². The van der Waals surface area contributed by atoms with Gasteiger partial charge >= 0.3 is 0 Å². The van der Waals surface area contributed by atoms with Crippen molar-refractivity contribution in [3.8, 4) is 5.75 Å². The van der Waals surface area contributed by atoms with Crippen molar-refractivity contribution in [3.63, 3.8) is 0 Å². The highest BCUT2D eigenvalue weighted by Gasteiger charge is 2.26. The lowest BCUT2D eigenvalue weighted by atomic mass is 9.97. The van der Waals surface area contributed by atoms with E-state index in [4.69, 9.17) is 4.74 Å². The van der Waals surface area contributed by atoms with Crippen LogP contribution in [0.25, 0.3) is 0 Å². The van der Waals surface area contributed by atoms with E-state index in [1.165, 1.54) is 12.1 Å². The molecule has 18 heavy (non-hydrogen) atoms. The average Bonchev–Trinajstić information content (AvgIpc) is 2.88. The highest BCUT2D eigenvalue weighted by Crippen LogP contribution is 2.26. The van der Waals surface area contributed by atoms with Crippen LogP contribution in [-0.4, -0.2) is 19.2 Å². The second-order valence-electron chi connectivity index (χ2n) is 4.75. The Bertz CT molecular complexity index is 391. The van der Waals surface area contributed by atoms with E-state index in [1.807, 2.05) is 0 Å². The summed E-state index contributed by atoms with van der Waals surface area (Å²) in [5, 5.41) is 3.28. The van der Waals surface area contributed by atoms with Crippen LogP contribution in [0.5, 0.6) is 5.75 Å².